The number of amides is 1. The van der Waals surface area contributed by atoms with Gasteiger partial charge in [0.1, 0.15) is 0 Å². The van der Waals surface area contributed by atoms with Crippen LogP contribution in [-0.4, -0.2) is 66.1 Å². The highest BCUT2D eigenvalue weighted by Crippen LogP contribution is 2.21. The van der Waals surface area contributed by atoms with Crippen molar-refractivity contribution in [1.29, 1.82) is 0 Å². The second kappa shape index (κ2) is 8.22. The predicted molar refractivity (Wildman–Crippen MR) is 91.8 cm³/mol. The fraction of sp³-hybridized carbons (Fsp3) is 0.765. The van der Waals surface area contributed by atoms with Crippen molar-refractivity contribution in [2.75, 3.05) is 39.4 Å². The van der Waals surface area contributed by atoms with Crippen LogP contribution < -0.4 is 0 Å². The molecule has 0 spiro atoms. The van der Waals surface area contributed by atoms with E-state index < -0.39 is 0 Å². The number of morpholine rings is 1. The van der Waals surface area contributed by atoms with Gasteiger partial charge in [0.2, 0.25) is 5.91 Å². The Hall–Kier alpha value is -0.980. The number of aryl methyl sites for hydroxylation is 2. The van der Waals surface area contributed by atoms with Gasteiger partial charge in [0.15, 0.2) is 0 Å². The number of rotatable bonds is 5. The van der Waals surface area contributed by atoms with Gasteiger partial charge in [-0.2, -0.15) is 0 Å². The fourth-order valence-corrected chi connectivity index (χ4v) is 4.31. The van der Waals surface area contributed by atoms with Crippen LogP contribution in [0.5, 0.6) is 0 Å². The SMILES string of the molecule is Cc1ncsc1CCC(=O)N1CCCCC1CN1CCOCC1. The molecule has 1 atom stereocenters. The van der Waals surface area contributed by atoms with Crippen molar-refractivity contribution >= 4 is 17.2 Å². The molecule has 3 rings (SSSR count). The highest BCUT2D eigenvalue weighted by molar-refractivity contribution is 7.09. The number of ether oxygens (including phenoxy) is 1. The van der Waals surface area contributed by atoms with Gasteiger partial charge in [-0.15, -0.1) is 11.3 Å². The smallest absolute Gasteiger partial charge is 0.223 e. The number of carbonyl (C=O) groups is 1. The lowest BCUT2D eigenvalue weighted by atomic mass is 10.0. The third-order valence-corrected chi connectivity index (χ3v) is 5.93. The Kier molecular flexibility index (Phi) is 6.02. The maximum absolute atomic E-state index is 12.7. The molecule has 3 heterocycles. The zero-order chi connectivity index (χ0) is 16.1. The van der Waals surface area contributed by atoms with Crippen LogP contribution in [0, 0.1) is 6.92 Å². The molecule has 0 bridgehead atoms. The van der Waals surface area contributed by atoms with E-state index in [0.29, 0.717) is 18.4 Å². The van der Waals surface area contributed by atoms with Gasteiger partial charge in [-0.1, -0.05) is 0 Å². The lowest BCUT2D eigenvalue weighted by Crippen LogP contribution is -2.51. The average Bonchev–Trinajstić information content (AvgIpc) is 2.99. The van der Waals surface area contributed by atoms with Crippen LogP contribution in [0.1, 0.15) is 36.3 Å². The largest absolute Gasteiger partial charge is 0.379 e. The molecular weight excluding hydrogens is 310 g/mol. The molecule has 2 aliphatic heterocycles. The third-order valence-electron chi connectivity index (χ3n) is 4.93. The number of likely N-dealkylation sites (tertiary alicyclic amines) is 1. The molecule has 6 heteroatoms. The number of thiazole rings is 1. The molecular formula is C17H27N3O2S. The minimum Gasteiger partial charge on any atom is -0.379 e. The summed E-state index contributed by atoms with van der Waals surface area (Å²) in [5, 5.41) is 0. The van der Waals surface area contributed by atoms with E-state index >= 15 is 0 Å². The van der Waals surface area contributed by atoms with Crippen molar-refractivity contribution in [3.63, 3.8) is 0 Å². The highest BCUT2D eigenvalue weighted by Gasteiger charge is 2.28. The van der Waals surface area contributed by atoms with Crippen molar-refractivity contribution < 1.29 is 9.53 Å². The molecule has 5 nitrogen and oxygen atoms in total. The monoisotopic (exact) mass is 337 g/mol. The van der Waals surface area contributed by atoms with Crippen molar-refractivity contribution in [3.05, 3.63) is 16.1 Å². The summed E-state index contributed by atoms with van der Waals surface area (Å²) in [6.07, 6.45) is 4.97. The molecule has 2 fully saturated rings. The lowest BCUT2D eigenvalue weighted by Gasteiger charge is -2.39. The van der Waals surface area contributed by atoms with Gasteiger partial charge >= 0.3 is 0 Å². The Morgan fingerprint density at radius 3 is 2.91 bits per heavy atom. The van der Waals surface area contributed by atoms with Crippen LogP contribution in [0.2, 0.25) is 0 Å². The number of aromatic nitrogens is 1. The van der Waals surface area contributed by atoms with E-state index in [-0.39, 0.29) is 0 Å². The number of hydrogen-bond acceptors (Lipinski definition) is 5. The van der Waals surface area contributed by atoms with Crippen LogP contribution in [0.3, 0.4) is 0 Å². The van der Waals surface area contributed by atoms with E-state index in [2.05, 4.69) is 14.8 Å². The van der Waals surface area contributed by atoms with Crippen molar-refractivity contribution in [2.24, 2.45) is 0 Å². The van der Waals surface area contributed by atoms with Crippen LogP contribution in [0.4, 0.5) is 0 Å². The molecule has 0 aliphatic carbocycles. The Bertz CT molecular complexity index is 514. The van der Waals surface area contributed by atoms with Crippen LogP contribution >= 0.6 is 11.3 Å². The second-order valence-electron chi connectivity index (χ2n) is 6.51. The van der Waals surface area contributed by atoms with Crippen molar-refractivity contribution in [1.82, 2.24) is 14.8 Å². The lowest BCUT2D eigenvalue weighted by molar-refractivity contribution is -0.135. The minimum absolute atomic E-state index is 0.316. The van der Waals surface area contributed by atoms with Crippen molar-refractivity contribution in [3.8, 4) is 0 Å². The Morgan fingerprint density at radius 2 is 2.17 bits per heavy atom. The zero-order valence-corrected chi connectivity index (χ0v) is 14.8. The highest BCUT2D eigenvalue weighted by atomic mass is 32.1. The Balaban J connectivity index is 1.54. The number of nitrogens with zero attached hydrogens (tertiary/aromatic N) is 3. The van der Waals surface area contributed by atoms with E-state index in [1.54, 1.807) is 11.3 Å². The quantitative estimate of drug-likeness (QED) is 0.825. The third kappa shape index (κ3) is 4.52. The van der Waals surface area contributed by atoms with Crippen molar-refractivity contribution in [2.45, 2.75) is 45.1 Å². The summed E-state index contributed by atoms with van der Waals surface area (Å²) >= 11 is 1.66. The van der Waals surface area contributed by atoms with Crippen LogP contribution in [0.25, 0.3) is 0 Å². The van der Waals surface area contributed by atoms with E-state index in [0.717, 1.165) is 64.3 Å². The summed E-state index contributed by atoms with van der Waals surface area (Å²) in [7, 11) is 0. The Morgan fingerprint density at radius 1 is 1.35 bits per heavy atom. The number of carbonyl (C=O) groups excluding carboxylic acids is 1. The topological polar surface area (TPSA) is 45.7 Å². The zero-order valence-electron chi connectivity index (χ0n) is 14.0. The maximum atomic E-state index is 12.7. The van der Waals surface area contributed by atoms with Gasteiger partial charge in [0, 0.05) is 43.5 Å². The maximum Gasteiger partial charge on any atom is 0.223 e. The van der Waals surface area contributed by atoms with Gasteiger partial charge in [-0.3, -0.25) is 9.69 Å². The average molecular weight is 337 g/mol. The first-order valence-electron chi connectivity index (χ1n) is 8.72. The Labute approximate surface area is 142 Å². The van der Waals surface area contributed by atoms with Gasteiger partial charge < -0.3 is 9.64 Å². The van der Waals surface area contributed by atoms with Gasteiger partial charge in [0.05, 0.1) is 24.4 Å². The summed E-state index contributed by atoms with van der Waals surface area (Å²) in [5.41, 5.74) is 2.95. The first-order valence-corrected chi connectivity index (χ1v) is 9.60. The fourth-order valence-electron chi connectivity index (χ4n) is 3.53. The molecule has 0 radical (unpaired) electrons. The van der Waals surface area contributed by atoms with Crippen LogP contribution in [-0.2, 0) is 16.0 Å². The van der Waals surface area contributed by atoms with Crippen LogP contribution in [0.15, 0.2) is 5.51 Å². The number of piperidine rings is 1. The van der Waals surface area contributed by atoms with E-state index in [4.69, 9.17) is 4.74 Å². The van der Waals surface area contributed by atoms with E-state index in [9.17, 15) is 4.79 Å². The predicted octanol–water partition coefficient (Wildman–Crippen LogP) is 2.10. The normalized spacial score (nSPS) is 23.2. The van der Waals surface area contributed by atoms with Gasteiger partial charge in [-0.25, -0.2) is 4.98 Å². The minimum atomic E-state index is 0.316. The standard InChI is InChI=1S/C17H27N3O2S/c1-14-16(23-13-18-14)5-6-17(21)20-7-3-2-4-15(20)12-19-8-10-22-11-9-19/h13,15H,2-12H2,1H3. The molecule has 0 aromatic carbocycles. The molecule has 0 saturated carbocycles. The molecule has 1 aromatic heterocycles. The molecule has 0 N–H and O–H groups in total. The van der Waals surface area contributed by atoms with Gasteiger partial charge in [-0.05, 0) is 32.6 Å². The van der Waals surface area contributed by atoms with Gasteiger partial charge in [0.25, 0.3) is 0 Å². The molecule has 23 heavy (non-hydrogen) atoms. The first kappa shape index (κ1) is 16.9. The first-order chi connectivity index (χ1) is 11.2. The molecule has 1 aromatic rings. The molecule has 2 saturated heterocycles. The number of hydrogen-bond donors (Lipinski definition) is 0. The summed E-state index contributed by atoms with van der Waals surface area (Å²) in [5.74, 6) is 0.316. The summed E-state index contributed by atoms with van der Waals surface area (Å²) in [4.78, 5) is 22.8. The van der Waals surface area contributed by atoms with E-state index in [1.165, 1.54) is 11.3 Å². The molecule has 1 unspecified atom stereocenters. The summed E-state index contributed by atoms with van der Waals surface area (Å²) in [6.45, 7) is 7.61. The van der Waals surface area contributed by atoms with E-state index in [1.807, 2.05) is 12.4 Å². The molecule has 2 aliphatic rings. The molecule has 128 valence electrons. The second-order valence-corrected chi connectivity index (χ2v) is 7.45. The molecule has 1 amide bonds. The summed E-state index contributed by atoms with van der Waals surface area (Å²) < 4.78 is 5.43. The summed E-state index contributed by atoms with van der Waals surface area (Å²) in [6, 6.07) is 0.386.